The number of halogens is 2. The van der Waals surface area contributed by atoms with E-state index in [1.165, 1.54) is 24.4 Å². The molecular formula is C31H36F2N2O9. The Morgan fingerprint density at radius 2 is 1.64 bits per heavy atom. The van der Waals surface area contributed by atoms with Gasteiger partial charge in [-0.25, -0.2) is 4.98 Å². The topological polar surface area (TPSA) is 175 Å². The molecule has 1 aromatic carbocycles. The maximum Gasteiger partial charge on any atom is 0.384 e. The van der Waals surface area contributed by atoms with Gasteiger partial charge in [-0.05, 0) is 68.0 Å². The van der Waals surface area contributed by atoms with Gasteiger partial charge in [0.15, 0.2) is 0 Å². The SMILES string of the molecule is CC(C)(O)c1ccc([C@@H](Cc2ccc(O[C@H]3OC(CO)[C@@H](O)C(O)[C@H]3O)nc2)c2ccc(C(O)(F)F)c(OC3CC3)c2)cn1. The first-order valence-electron chi connectivity index (χ1n) is 14.3. The number of aliphatic hydroxyl groups is 6. The Bertz CT molecular complexity index is 1410. The summed E-state index contributed by atoms with van der Waals surface area (Å²) in [5, 5.41) is 59.5. The Morgan fingerprint density at radius 3 is 2.20 bits per heavy atom. The third-order valence-electron chi connectivity index (χ3n) is 7.69. The molecule has 1 saturated carbocycles. The molecule has 2 fully saturated rings. The first-order chi connectivity index (χ1) is 20.7. The van der Waals surface area contributed by atoms with Gasteiger partial charge < -0.3 is 44.8 Å². The number of rotatable bonds is 11. The van der Waals surface area contributed by atoms with Gasteiger partial charge in [-0.15, -0.1) is 0 Å². The van der Waals surface area contributed by atoms with Crippen LogP contribution in [0.5, 0.6) is 11.6 Å². The lowest BCUT2D eigenvalue weighted by molar-refractivity contribution is -0.278. The van der Waals surface area contributed by atoms with E-state index in [2.05, 4.69) is 9.97 Å². The van der Waals surface area contributed by atoms with Crippen LogP contribution in [0.3, 0.4) is 0 Å². The Morgan fingerprint density at radius 1 is 0.909 bits per heavy atom. The van der Waals surface area contributed by atoms with E-state index in [1.54, 1.807) is 38.2 Å². The largest absolute Gasteiger partial charge is 0.490 e. The fourth-order valence-corrected chi connectivity index (χ4v) is 4.99. The number of nitrogens with zero attached hydrogens (tertiary/aromatic N) is 2. The third-order valence-corrected chi connectivity index (χ3v) is 7.69. The fraction of sp³-hybridized carbons (Fsp3) is 0.484. The second-order valence-corrected chi connectivity index (χ2v) is 11.7. The summed E-state index contributed by atoms with van der Waals surface area (Å²) in [5.74, 6) is -0.495. The first-order valence-corrected chi connectivity index (χ1v) is 14.3. The monoisotopic (exact) mass is 618 g/mol. The maximum absolute atomic E-state index is 14.0. The van der Waals surface area contributed by atoms with E-state index in [0.717, 1.165) is 24.5 Å². The molecule has 5 rings (SSSR count). The number of ether oxygens (including phenoxy) is 3. The van der Waals surface area contributed by atoms with Gasteiger partial charge in [0.25, 0.3) is 0 Å². The fourth-order valence-electron chi connectivity index (χ4n) is 4.99. The van der Waals surface area contributed by atoms with E-state index in [-0.39, 0.29) is 17.7 Å². The lowest BCUT2D eigenvalue weighted by atomic mass is 9.86. The zero-order valence-electron chi connectivity index (χ0n) is 24.1. The molecule has 3 heterocycles. The minimum absolute atomic E-state index is 0.0421. The van der Waals surface area contributed by atoms with Crippen molar-refractivity contribution in [2.75, 3.05) is 6.61 Å². The number of pyridine rings is 2. The molecule has 0 spiro atoms. The predicted molar refractivity (Wildman–Crippen MR) is 150 cm³/mol. The Kier molecular flexibility index (Phi) is 9.19. The number of hydrogen-bond acceptors (Lipinski definition) is 11. The van der Waals surface area contributed by atoms with E-state index in [4.69, 9.17) is 14.2 Å². The minimum Gasteiger partial charge on any atom is -0.490 e. The molecule has 6 atom stereocenters. The normalized spacial score (nSPS) is 25.0. The van der Waals surface area contributed by atoms with Gasteiger partial charge in [0.05, 0.1) is 24.0 Å². The van der Waals surface area contributed by atoms with E-state index in [1.807, 2.05) is 0 Å². The lowest BCUT2D eigenvalue weighted by Crippen LogP contribution is -2.60. The number of aliphatic hydroxyl groups excluding tert-OH is 4. The van der Waals surface area contributed by atoms with Crippen LogP contribution in [-0.4, -0.2) is 84.0 Å². The molecule has 1 aliphatic carbocycles. The molecule has 11 nitrogen and oxygen atoms in total. The summed E-state index contributed by atoms with van der Waals surface area (Å²) in [6.07, 6.45) is -6.63. The van der Waals surface area contributed by atoms with Crippen molar-refractivity contribution in [2.24, 2.45) is 0 Å². The highest BCUT2D eigenvalue weighted by molar-refractivity contribution is 5.44. The molecule has 3 aromatic rings. The van der Waals surface area contributed by atoms with Gasteiger partial charge in [-0.3, -0.25) is 4.98 Å². The molecule has 2 unspecified atom stereocenters. The van der Waals surface area contributed by atoms with Gasteiger partial charge in [-0.2, -0.15) is 8.78 Å². The quantitative estimate of drug-likeness (QED) is 0.185. The van der Waals surface area contributed by atoms with Crippen LogP contribution in [0.1, 0.15) is 60.6 Å². The van der Waals surface area contributed by atoms with Crippen LogP contribution in [-0.2, 0) is 22.9 Å². The van der Waals surface area contributed by atoms with Crippen molar-refractivity contribution < 1.29 is 53.6 Å². The highest BCUT2D eigenvalue weighted by Gasteiger charge is 2.45. The molecule has 2 aliphatic rings. The van der Waals surface area contributed by atoms with Crippen molar-refractivity contribution in [3.05, 3.63) is 82.8 Å². The molecular weight excluding hydrogens is 582 g/mol. The van der Waals surface area contributed by atoms with Crippen LogP contribution in [0, 0.1) is 0 Å². The molecule has 0 amide bonds. The van der Waals surface area contributed by atoms with Gasteiger partial charge in [-0.1, -0.05) is 18.2 Å². The summed E-state index contributed by atoms with van der Waals surface area (Å²) >= 11 is 0. The van der Waals surface area contributed by atoms with Crippen LogP contribution in [0.4, 0.5) is 8.78 Å². The molecule has 0 bridgehead atoms. The number of aromatic nitrogens is 2. The minimum atomic E-state index is -4.09. The Balaban J connectivity index is 1.42. The van der Waals surface area contributed by atoms with Crippen molar-refractivity contribution in [3.8, 4) is 11.6 Å². The molecule has 13 heteroatoms. The number of hydrogen-bond donors (Lipinski definition) is 6. The average molecular weight is 619 g/mol. The molecule has 1 aliphatic heterocycles. The van der Waals surface area contributed by atoms with E-state index < -0.39 is 60.5 Å². The van der Waals surface area contributed by atoms with Gasteiger partial charge >= 0.3 is 6.11 Å². The van der Waals surface area contributed by atoms with E-state index in [9.17, 15) is 39.4 Å². The summed E-state index contributed by atoms with van der Waals surface area (Å²) < 4.78 is 44.7. The van der Waals surface area contributed by atoms with Gasteiger partial charge in [0.2, 0.25) is 12.2 Å². The molecule has 0 radical (unpaired) electrons. The van der Waals surface area contributed by atoms with Crippen LogP contribution in [0.25, 0.3) is 0 Å². The smallest absolute Gasteiger partial charge is 0.384 e. The summed E-state index contributed by atoms with van der Waals surface area (Å²) in [6, 6.07) is 10.8. The van der Waals surface area contributed by atoms with Crippen LogP contribution in [0.15, 0.2) is 54.9 Å². The second kappa shape index (κ2) is 12.6. The van der Waals surface area contributed by atoms with Crippen LogP contribution < -0.4 is 9.47 Å². The molecule has 6 N–H and O–H groups in total. The summed E-state index contributed by atoms with van der Waals surface area (Å²) in [6.45, 7) is 2.62. The summed E-state index contributed by atoms with van der Waals surface area (Å²) in [5.41, 5.74) is 0.703. The summed E-state index contributed by atoms with van der Waals surface area (Å²) in [4.78, 5) is 8.69. The first kappa shape index (κ1) is 32.1. The molecule has 1 saturated heterocycles. The van der Waals surface area contributed by atoms with Crippen LogP contribution >= 0.6 is 0 Å². The Labute approximate surface area is 252 Å². The Hall–Kier alpha value is -3.30. The van der Waals surface area contributed by atoms with Crippen molar-refractivity contribution in [1.82, 2.24) is 9.97 Å². The number of alkyl halides is 2. The third kappa shape index (κ3) is 7.32. The van der Waals surface area contributed by atoms with Gasteiger partial charge in [0.1, 0.15) is 35.8 Å². The van der Waals surface area contributed by atoms with Crippen molar-refractivity contribution in [1.29, 1.82) is 0 Å². The maximum atomic E-state index is 14.0. The van der Waals surface area contributed by atoms with E-state index in [0.29, 0.717) is 23.2 Å². The molecule has 238 valence electrons. The van der Waals surface area contributed by atoms with Crippen molar-refractivity contribution >= 4 is 0 Å². The summed E-state index contributed by atoms with van der Waals surface area (Å²) in [7, 11) is 0. The zero-order chi connectivity index (χ0) is 31.8. The van der Waals surface area contributed by atoms with Crippen LogP contribution in [0.2, 0.25) is 0 Å². The number of benzene rings is 1. The lowest BCUT2D eigenvalue weighted by Gasteiger charge is -2.39. The predicted octanol–water partition coefficient (Wildman–Crippen LogP) is 1.84. The molecule has 44 heavy (non-hydrogen) atoms. The zero-order valence-corrected chi connectivity index (χ0v) is 24.1. The van der Waals surface area contributed by atoms with Gasteiger partial charge in [0, 0.05) is 24.4 Å². The van der Waals surface area contributed by atoms with Crippen molar-refractivity contribution in [3.63, 3.8) is 0 Å². The highest BCUT2D eigenvalue weighted by atomic mass is 19.3. The molecule has 2 aromatic heterocycles. The second-order valence-electron chi connectivity index (χ2n) is 11.7. The van der Waals surface area contributed by atoms with E-state index >= 15 is 0 Å². The standard InChI is InChI=1S/C31H36F2N2O9/c1-30(2,40)24-9-5-18(14-34-24)20(17-4-8-21(31(32,33)41)22(12-17)42-19-6-7-19)11-16-3-10-25(35-13-16)44-29-28(39)27(38)26(37)23(15-36)43-29/h3-5,8-10,12-14,19-20,23,26-29,36-41H,6-7,11,15H2,1-2H3/t20-,23?,26+,27?,28+,29+/m0/s1. The average Bonchev–Trinajstić information content (AvgIpc) is 3.80. The van der Waals surface area contributed by atoms with Crippen molar-refractivity contribution in [2.45, 2.75) is 87.5 Å². The highest BCUT2D eigenvalue weighted by Crippen LogP contribution is 2.40.